The molecule has 5 aliphatic rings. The number of nitrogens with two attached hydrogens (primary N) is 1. The van der Waals surface area contributed by atoms with Gasteiger partial charge in [-0.15, -0.1) is 0 Å². The molecule has 5 aliphatic carbocycles. The third kappa shape index (κ3) is 19.9. The van der Waals surface area contributed by atoms with Crippen molar-refractivity contribution in [2.75, 3.05) is 35.4 Å². The fraction of sp³-hybridized carbons (Fsp3) is 0.471. The number of hydrogen-bond donors (Lipinski definition) is 4. The Morgan fingerprint density at radius 1 is 0.460 bits per heavy atom. The lowest BCUT2D eigenvalue weighted by Crippen LogP contribution is -2.36. The van der Waals surface area contributed by atoms with E-state index in [-0.39, 0.29) is 54.3 Å². The molecule has 470 valence electrons. The highest BCUT2D eigenvalue weighted by atomic mass is 79.9. The second kappa shape index (κ2) is 30.4. The number of carbonyl (C=O) groups excluding carboxylic acids is 6. The van der Waals surface area contributed by atoms with Crippen LogP contribution < -0.4 is 21.7 Å². The Bertz CT molecular complexity index is 3280. The van der Waals surface area contributed by atoms with Gasteiger partial charge in [0.05, 0.1) is 56.1 Å². The number of benzene rings is 5. The Hall–Kier alpha value is -6.80. The Morgan fingerprint density at radius 2 is 0.793 bits per heavy atom. The number of halogens is 2. The molecule has 5 atom stereocenters. The lowest BCUT2D eigenvalue weighted by Gasteiger charge is -2.29. The number of methoxy groups -OCH3 is 3. The lowest BCUT2D eigenvalue weighted by atomic mass is 10.0. The molecule has 5 aromatic carbocycles. The van der Waals surface area contributed by atoms with Crippen LogP contribution >= 0.6 is 31.9 Å². The molecule has 0 heterocycles. The molecule has 0 aromatic heterocycles. The molecule has 5 aromatic rings. The van der Waals surface area contributed by atoms with Crippen LogP contribution in [0.3, 0.4) is 0 Å². The molecule has 19 heteroatoms. The van der Waals surface area contributed by atoms with Crippen LogP contribution in [0.15, 0.2) is 99.9 Å². The molecule has 0 radical (unpaired) electrons. The number of rotatable bonds is 7. The number of esters is 3. The second-order valence-corrected chi connectivity index (χ2v) is 26.9. The Kier molecular flexibility index (Phi) is 24.2. The number of ether oxygens (including phenoxy) is 6. The van der Waals surface area contributed by atoms with Crippen molar-refractivity contribution in [3.05, 3.63) is 172 Å². The first-order chi connectivity index (χ1) is 40.9. The minimum absolute atomic E-state index is 0.0624. The fourth-order valence-electron chi connectivity index (χ4n) is 11.1. The van der Waals surface area contributed by atoms with Crippen LogP contribution in [-0.4, -0.2) is 93.3 Å². The van der Waals surface area contributed by atoms with Crippen LogP contribution in [0.25, 0.3) is 0 Å². The van der Waals surface area contributed by atoms with Crippen molar-refractivity contribution < 1.29 is 57.2 Å². The summed E-state index contributed by atoms with van der Waals surface area (Å²) in [5.74, 6) is -1.01. The molecule has 0 unspecified atom stereocenters. The normalized spacial score (nSPS) is 18.1. The van der Waals surface area contributed by atoms with Crippen molar-refractivity contribution >= 4 is 68.0 Å². The van der Waals surface area contributed by atoms with Crippen LogP contribution in [0.2, 0.25) is 0 Å². The SMILES string of the molecule is CC(C)(C)OC(=O)N[C@@H]1CCc2ccc(Br)cc21.CN[C@@H]1CCc2ccc(C(=O)OC)cc21.COC(=O)c1ccc2c(c1)[C@H](N(C)C(=O)OC(C)(C)C)CC2.COC(=O)c1ccc2c(c1)[C@H](NC(=O)OC(C)(C)C)CC2.N[C@@H]1CCc2ccc(Br)cc21. The van der Waals surface area contributed by atoms with Crippen molar-refractivity contribution in [1.82, 2.24) is 20.9 Å². The Labute approximate surface area is 530 Å². The minimum Gasteiger partial charge on any atom is -0.465 e. The summed E-state index contributed by atoms with van der Waals surface area (Å²) in [7, 11) is 7.81. The fourth-order valence-corrected chi connectivity index (χ4v) is 11.8. The largest absolute Gasteiger partial charge is 0.465 e. The molecule has 0 fully saturated rings. The number of fused-ring (bicyclic) bond motifs is 5. The topological polar surface area (TPSA) is 223 Å². The van der Waals surface area contributed by atoms with E-state index in [0.29, 0.717) is 22.7 Å². The van der Waals surface area contributed by atoms with Gasteiger partial charge in [-0.3, -0.25) is 0 Å². The monoisotopic (exact) mass is 1320 g/mol. The summed E-state index contributed by atoms with van der Waals surface area (Å²) in [6.45, 7) is 16.6. The molecule has 17 nitrogen and oxygen atoms in total. The van der Waals surface area contributed by atoms with Gasteiger partial charge >= 0.3 is 36.2 Å². The maximum absolute atomic E-state index is 12.2. The van der Waals surface area contributed by atoms with E-state index in [2.05, 4.69) is 78.1 Å². The van der Waals surface area contributed by atoms with E-state index in [1.54, 1.807) is 30.1 Å². The van der Waals surface area contributed by atoms with E-state index in [0.717, 1.165) is 95.4 Å². The molecule has 0 bridgehead atoms. The highest BCUT2D eigenvalue weighted by molar-refractivity contribution is 9.10. The first-order valence-corrected chi connectivity index (χ1v) is 31.1. The zero-order valence-electron chi connectivity index (χ0n) is 52.8. The van der Waals surface area contributed by atoms with E-state index in [1.165, 1.54) is 54.7 Å². The van der Waals surface area contributed by atoms with Crippen LogP contribution in [0, 0.1) is 0 Å². The highest BCUT2D eigenvalue weighted by Gasteiger charge is 2.33. The van der Waals surface area contributed by atoms with Gasteiger partial charge in [-0.2, -0.15) is 0 Å². The van der Waals surface area contributed by atoms with Gasteiger partial charge in [0.15, 0.2) is 0 Å². The number of aryl methyl sites for hydroxylation is 5. The van der Waals surface area contributed by atoms with Gasteiger partial charge in [0, 0.05) is 28.1 Å². The van der Waals surface area contributed by atoms with Gasteiger partial charge in [0.25, 0.3) is 0 Å². The van der Waals surface area contributed by atoms with Gasteiger partial charge in [0.1, 0.15) is 16.8 Å². The highest BCUT2D eigenvalue weighted by Crippen LogP contribution is 2.38. The molecule has 5 N–H and O–H groups in total. The summed E-state index contributed by atoms with van der Waals surface area (Å²) in [5, 5.41) is 9.05. The van der Waals surface area contributed by atoms with E-state index in [1.807, 2.05) is 112 Å². The van der Waals surface area contributed by atoms with Crippen molar-refractivity contribution in [3.63, 3.8) is 0 Å². The summed E-state index contributed by atoms with van der Waals surface area (Å²) in [5.41, 5.74) is 18.1. The third-order valence-electron chi connectivity index (χ3n) is 15.2. The van der Waals surface area contributed by atoms with Crippen molar-refractivity contribution in [1.29, 1.82) is 0 Å². The Balaban J connectivity index is 0.000000176. The number of hydrogen-bond acceptors (Lipinski definition) is 14. The summed E-state index contributed by atoms with van der Waals surface area (Å²) < 4.78 is 32.3. The maximum atomic E-state index is 12.2. The van der Waals surface area contributed by atoms with Crippen LogP contribution in [0.4, 0.5) is 14.4 Å². The van der Waals surface area contributed by atoms with Gasteiger partial charge in [-0.05, 0) is 250 Å². The zero-order valence-corrected chi connectivity index (χ0v) is 56.0. The smallest absolute Gasteiger partial charge is 0.410 e. The molecule has 87 heavy (non-hydrogen) atoms. The summed E-state index contributed by atoms with van der Waals surface area (Å²) in [4.78, 5) is 72.1. The summed E-state index contributed by atoms with van der Waals surface area (Å²) in [6, 6.07) is 29.9. The summed E-state index contributed by atoms with van der Waals surface area (Å²) >= 11 is 6.90. The van der Waals surface area contributed by atoms with Crippen LogP contribution in [0.5, 0.6) is 0 Å². The maximum Gasteiger partial charge on any atom is 0.410 e. The Morgan fingerprint density at radius 3 is 1.21 bits per heavy atom. The number of nitrogens with one attached hydrogen (secondary N) is 3. The van der Waals surface area contributed by atoms with E-state index in [9.17, 15) is 28.8 Å². The van der Waals surface area contributed by atoms with E-state index >= 15 is 0 Å². The summed E-state index contributed by atoms with van der Waals surface area (Å²) in [6.07, 6.45) is 8.63. The lowest BCUT2D eigenvalue weighted by molar-refractivity contribution is 0.0219. The molecule has 3 amide bonds. The standard InChI is InChI=1S/C17H23NO4.C16H21NO4.C14H18BrNO2.C12H15NO2.C9H10BrN/c1-17(2,3)22-16(20)18(4)14-9-8-11-6-7-12(10-13(11)14)15(19)21-5;1-16(2,3)21-15(19)17-13-8-7-10-5-6-11(9-12(10)13)14(18)20-4;1-14(2,3)18-13(17)16-12-7-5-9-4-6-10(15)8-11(9)12;1-13-11-6-5-8-3-4-9(7-10(8)11)12(14)15-2;10-7-3-1-6-2-4-9(11)8(6)5-7/h6-7,10,14H,8-9H2,1-5H3;5-6,9,13H,7-8H2,1-4H3,(H,17,19);4,6,8,12H,5,7H2,1-3H3,(H,16,17);3-4,7,11,13H,5-6H2,1-2H3;1,3,5,9H,2,4,11H2/t14-;13-;12-;11-;9-/m11111/s1. The number of nitrogens with zero attached hydrogens (tertiary/aromatic N) is 1. The minimum atomic E-state index is -0.528. The van der Waals surface area contributed by atoms with Crippen LogP contribution in [-0.2, 0) is 60.5 Å². The molecule has 10 rings (SSSR count). The predicted molar refractivity (Wildman–Crippen MR) is 343 cm³/mol. The molecule has 0 saturated carbocycles. The number of alkyl carbamates (subject to hydrolysis) is 2. The number of carbonyl (C=O) groups is 6. The van der Waals surface area contributed by atoms with Crippen molar-refractivity contribution in [3.8, 4) is 0 Å². The molecule has 0 saturated heterocycles. The molecule has 0 spiro atoms. The molecular weight excluding hydrogens is 1240 g/mol. The van der Waals surface area contributed by atoms with Gasteiger partial charge in [-0.25, -0.2) is 28.8 Å². The van der Waals surface area contributed by atoms with E-state index < -0.39 is 22.9 Å². The van der Waals surface area contributed by atoms with Gasteiger partial charge in [-0.1, -0.05) is 62.2 Å². The van der Waals surface area contributed by atoms with Crippen molar-refractivity contribution in [2.24, 2.45) is 5.73 Å². The van der Waals surface area contributed by atoms with Crippen molar-refractivity contribution in [2.45, 2.75) is 174 Å². The first-order valence-electron chi connectivity index (χ1n) is 29.5. The first kappa shape index (κ1) is 69.3. The second-order valence-electron chi connectivity index (χ2n) is 25.0. The zero-order chi connectivity index (χ0) is 64.1. The number of amides is 3. The predicted octanol–water partition coefficient (Wildman–Crippen LogP) is 14.3. The average Bonchev–Trinajstić information content (AvgIpc) is 1.94. The van der Waals surface area contributed by atoms with Gasteiger partial charge in [0.2, 0.25) is 0 Å². The third-order valence-corrected chi connectivity index (χ3v) is 16.2. The quantitative estimate of drug-likeness (QED) is 0.0879. The van der Waals surface area contributed by atoms with Crippen LogP contribution in [0.1, 0.15) is 211 Å². The average molecular weight is 1330 g/mol. The van der Waals surface area contributed by atoms with E-state index in [4.69, 9.17) is 34.2 Å². The molecule has 0 aliphatic heterocycles. The van der Waals surface area contributed by atoms with Gasteiger partial charge < -0.3 is 55.0 Å². The molecular formula is C68H87Br2N5O12.